The van der Waals surface area contributed by atoms with Crippen LogP contribution in [0.4, 0.5) is 0 Å². The number of aliphatic hydroxyl groups is 1. The second kappa shape index (κ2) is 6.87. The summed E-state index contributed by atoms with van der Waals surface area (Å²) in [5, 5.41) is 10.3. The van der Waals surface area contributed by atoms with Gasteiger partial charge in [0.05, 0.1) is 6.10 Å². The fourth-order valence-corrected chi connectivity index (χ4v) is 3.58. The SMILES string of the molecule is CC1CC(C)CN(CCC(O)c2cccc(Br)c2)C1. The maximum absolute atomic E-state index is 10.3. The summed E-state index contributed by atoms with van der Waals surface area (Å²) in [6.45, 7) is 7.99. The molecule has 106 valence electrons. The third-order valence-corrected chi connectivity index (χ3v) is 4.39. The standard InChI is InChI=1S/C16H24BrNO/c1-12-8-13(2)11-18(10-12)7-6-16(19)14-4-3-5-15(17)9-14/h3-5,9,12-13,16,19H,6-8,10-11H2,1-2H3. The minimum absolute atomic E-state index is 0.356. The summed E-state index contributed by atoms with van der Waals surface area (Å²) < 4.78 is 1.03. The highest BCUT2D eigenvalue weighted by molar-refractivity contribution is 9.10. The summed E-state index contributed by atoms with van der Waals surface area (Å²) in [6.07, 6.45) is 1.80. The van der Waals surface area contributed by atoms with Crippen molar-refractivity contribution in [1.29, 1.82) is 0 Å². The van der Waals surface area contributed by atoms with Crippen LogP contribution in [0.1, 0.15) is 38.4 Å². The summed E-state index contributed by atoms with van der Waals surface area (Å²) in [7, 11) is 0. The number of hydrogen-bond donors (Lipinski definition) is 1. The maximum Gasteiger partial charge on any atom is 0.0802 e. The molecule has 0 amide bonds. The van der Waals surface area contributed by atoms with Crippen molar-refractivity contribution in [3.8, 4) is 0 Å². The summed E-state index contributed by atoms with van der Waals surface area (Å²) in [5.74, 6) is 1.57. The van der Waals surface area contributed by atoms with Crippen molar-refractivity contribution in [2.24, 2.45) is 11.8 Å². The second-order valence-electron chi connectivity index (χ2n) is 6.07. The molecule has 3 unspecified atom stereocenters. The molecule has 1 saturated heterocycles. The number of likely N-dealkylation sites (tertiary alicyclic amines) is 1. The van der Waals surface area contributed by atoms with E-state index in [-0.39, 0.29) is 6.10 Å². The summed E-state index contributed by atoms with van der Waals surface area (Å²) in [5.41, 5.74) is 1.01. The molecule has 1 aliphatic heterocycles. The first-order valence-corrected chi connectivity index (χ1v) is 7.99. The lowest BCUT2D eigenvalue weighted by atomic mass is 9.91. The third kappa shape index (κ3) is 4.59. The number of aliphatic hydroxyl groups excluding tert-OH is 1. The fourth-order valence-electron chi connectivity index (χ4n) is 3.16. The Morgan fingerprint density at radius 1 is 1.32 bits per heavy atom. The Labute approximate surface area is 124 Å². The highest BCUT2D eigenvalue weighted by Crippen LogP contribution is 2.24. The lowest BCUT2D eigenvalue weighted by Crippen LogP contribution is -2.39. The molecule has 1 N–H and O–H groups in total. The lowest BCUT2D eigenvalue weighted by molar-refractivity contribution is 0.103. The first-order valence-electron chi connectivity index (χ1n) is 7.20. The molecule has 1 aromatic rings. The predicted molar refractivity (Wildman–Crippen MR) is 83.1 cm³/mol. The van der Waals surface area contributed by atoms with Gasteiger partial charge < -0.3 is 10.0 Å². The highest BCUT2D eigenvalue weighted by Gasteiger charge is 2.22. The Hall–Kier alpha value is -0.380. The molecule has 2 rings (SSSR count). The van der Waals surface area contributed by atoms with Gasteiger partial charge in [0.1, 0.15) is 0 Å². The summed E-state index contributed by atoms with van der Waals surface area (Å²) >= 11 is 3.45. The van der Waals surface area contributed by atoms with Crippen LogP contribution in [0.2, 0.25) is 0 Å². The molecule has 0 bridgehead atoms. The van der Waals surface area contributed by atoms with Crippen LogP contribution in [-0.2, 0) is 0 Å². The third-order valence-electron chi connectivity index (χ3n) is 3.90. The van der Waals surface area contributed by atoms with Gasteiger partial charge in [0, 0.05) is 24.1 Å². The van der Waals surface area contributed by atoms with Crippen molar-refractivity contribution in [3.63, 3.8) is 0 Å². The van der Waals surface area contributed by atoms with Crippen LogP contribution in [0.5, 0.6) is 0 Å². The van der Waals surface area contributed by atoms with Crippen molar-refractivity contribution >= 4 is 15.9 Å². The normalized spacial score (nSPS) is 26.3. The van der Waals surface area contributed by atoms with Crippen molar-refractivity contribution in [2.75, 3.05) is 19.6 Å². The fraction of sp³-hybridized carbons (Fsp3) is 0.625. The van der Waals surface area contributed by atoms with Gasteiger partial charge in [-0.3, -0.25) is 0 Å². The zero-order chi connectivity index (χ0) is 13.8. The Balaban J connectivity index is 1.84. The highest BCUT2D eigenvalue weighted by atomic mass is 79.9. The van der Waals surface area contributed by atoms with Crippen LogP contribution in [0.3, 0.4) is 0 Å². The molecule has 1 heterocycles. The molecular weight excluding hydrogens is 302 g/mol. The van der Waals surface area contributed by atoms with Crippen LogP contribution in [0.25, 0.3) is 0 Å². The molecule has 1 aliphatic rings. The van der Waals surface area contributed by atoms with E-state index < -0.39 is 0 Å². The second-order valence-corrected chi connectivity index (χ2v) is 6.98. The largest absolute Gasteiger partial charge is 0.388 e. The van der Waals surface area contributed by atoms with E-state index in [2.05, 4.69) is 34.7 Å². The van der Waals surface area contributed by atoms with Gasteiger partial charge in [-0.05, 0) is 42.4 Å². The monoisotopic (exact) mass is 325 g/mol. The van der Waals surface area contributed by atoms with E-state index in [1.165, 1.54) is 19.5 Å². The van der Waals surface area contributed by atoms with Gasteiger partial charge in [-0.2, -0.15) is 0 Å². The molecule has 3 heteroatoms. The van der Waals surface area contributed by atoms with Crippen LogP contribution < -0.4 is 0 Å². The lowest BCUT2D eigenvalue weighted by Gasteiger charge is -2.35. The van der Waals surface area contributed by atoms with E-state index >= 15 is 0 Å². The molecule has 19 heavy (non-hydrogen) atoms. The average Bonchev–Trinajstić information content (AvgIpc) is 2.35. The number of nitrogens with zero attached hydrogens (tertiary/aromatic N) is 1. The molecule has 1 aromatic carbocycles. The van der Waals surface area contributed by atoms with E-state index in [1.807, 2.05) is 24.3 Å². The number of halogens is 1. The van der Waals surface area contributed by atoms with Crippen molar-refractivity contribution in [2.45, 2.75) is 32.8 Å². The molecule has 3 atom stereocenters. The number of hydrogen-bond acceptors (Lipinski definition) is 2. The van der Waals surface area contributed by atoms with Crippen LogP contribution in [0, 0.1) is 11.8 Å². The van der Waals surface area contributed by atoms with Crippen molar-refractivity contribution in [3.05, 3.63) is 34.3 Å². The quantitative estimate of drug-likeness (QED) is 0.908. The van der Waals surface area contributed by atoms with E-state index in [0.717, 1.165) is 34.8 Å². The zero-order valence-corrected chi connectivity index (χ0v) is 13.4. The Kier molecular flexibility index (Phi) is 5.43. The van der Waals surface area contributed by atoms with Crippen LogP contribution >= 0.6 is 15.9 Å². The van der Waals surface area contributed by atoms with Gasteiger partial charge in [0.15, 0.2) is 0 Å². The molecule has 0 saturated carbocycles. The zero-order valence-electron chi connectivity index (χ0n) is 11.8. The van der Waals surface area contributed by atoms with Gasteiger partial charge in [0.2, 0.25) is 0 Å². The Morgan fingerprint density at radius 2 is 2.00 bits per heavy atom. The number of piperidine rings is 1. The van der Waals surface area contributed by atoms with Gasteiger partial charge in [0.25, 0.3) is 0 Å². The van der Waals surface area contributed by atoms with Crippen LogP contribution in [0.15, 0.2) is 28.7 Å². The van der Waals surface area contributed by atoms with Gasteiger partial charge in [-0.1, -0.05) is 41.9 Å². The maximum atomic E-state index is 10.3. The van der Waals surface area contributed by atoms with E-state index in [9.17, 15) is 5.11 Å². The molecule has 2 nitrogen and oxygen atoms in total. The molecule has 1 fully saturated rings. The minimum Gasteiger partial charge on any atom is -0.388 e. The molecule has 0 spiro atoms. The average molecular weight is 326 g/mol. The minimum atomic E-state index is -0.356. The van der Waals surface area contributed by atoms with E-state index in [1.54, 1.807) is 0 Å². The molecule has 0 aromatic heterocycles. The molecule has 0 aliphatic carbocycles. The number of rotatable bonds is 4. The van der Waals surface area contributed by atoms with Crippen molar-refractivity contribution < 1.29 is 5.11 Å². The first-order chi connectivity index (χ1) is 9.04. The van der Waals surface area contributed by atoms with Crippen molar-refractivity contribution in [1.82, 2.24) is 4.90 Å². The van der Waals surface area contributed by atoms with E-state index in [4.69, 9.17) is 0 Å². The number of benzene rings is 1. The summed E-state index contributed by atoms with van der Waals surface area (Å²) in [4.78, 5) is 2.50. The van der Waals surface area contributed by atoms with Gasteiger partial charge in [-0.15, -0.1) is 0 Å². The molecule has 0 radical (unpaired) electrons. The smallest absolute Gasteiger partial charge is 0.0802 e. The van der Waals surface area contributed by atoms with Crippen LogP contribution in [-0.4, -0.2) is 29.6 Å². The predicted octanol–water partition coefficient (Wildman–Crippen LogP) is 3.85. The Bertz CT molecular complexity index is 399. The first kappa shape index (κ1) is 15.0. The van der Waals surface area contributed by atoms with Gasteiger partial charge >= 0.3 is 0 Å². The topological polar surface area (TPSA) is 23.5 Å². The Morgan fingerprint density at radius 3 is 2.63 bits per heavy atom. The van der Waals surface area contributed by atoms with E-state index in [0.29, 0.717) is 0 Å². The summed E-state index contributed by atoms with van der Waals surface area (Å²) in [6, 6.07) is 7.97. The molecular formula is C16H24BrNO. The van der Waals surface area contributed by atoms with Gasteiger partial charge in [-0.25, -0.2) is 0 Å².